The Labute approximate surface area is 95.1 Å². The molecular formula is C11H19NO4. The Bertz CT molecular complexity index is 265. The van der Waals surface area contributed by atoms with Crippen LogP contribution in [0, 0.1) is 0 Å². The van der Waals surface area contributed by atoms with Crippen molar-refractivity contribution < 1.29 is 19.4 Å². The Morgan fingerprint density at radius 2 is 2.38 bits per heavy atom. The molecule has 2 rings (SSSR count). The maximum atomic E-state index is 10.6. The highest BCUT2D eigenvalue weighted by atomic mass is 16.7. The smallest absolute Gasteiger partial charge is 0.306 e. The molecule has 92 valence electrons. The van der Waals surface area contributed by atoms with E-state index in [0.29, 0.717) is 6.61 Å². The van der Waals surface area contributed by atoms with Crippen molar-refractivity contribution in [3.8, 4) is 0 Å². The largest absolute Gasteiger partial charge is 0.481 e. The Balaban J connectivity index is 1.91. The van der Waals surface area contributed by atoms with Gasteiger partial charge in [-0.1, -0.05) is 6.42 Å². The van der Waals surface area contributed by atoms with Gasteiger partial charge in [0.05, 0.1) is 25.2 Å². The first-order valence-corrected chi connectivity index (χ1v) is 5.87. The highest BCUT2D eigenvalue weighted by Crippen LogP contribution is 2.31. The zero-order chi connectivity index (χ0) is 11.6. The number of carboxylic acids is 1. The van der Waals surface area contributed by atoms with Crippen LogP contribution < -0.4 is 5.32 Å². The molecule has 2 N–H and O–H groups in total. The number of aliphatic carboxylic acids is 1. The molecule has 0 radical (unpaired) electrons. The van der Waals surface area contributed by atoms with Gasteiger partial charge in [0.25, 0.3) is 0 Å². The van der Waals surface area contributed by atoms with Gasteiger partial charge in [0, 0.05) is 0 Å². The molecule has 0 saturated carbocycles. The van der Waals surface area contributed by atoms with Crippen LogP contribution in [-0.4, -0.2) is 42.2 Å². The van der Waals surface area contributed by atoms with Gasteiger partial charge in [-0.2, -0.15) is 0 Å². The van der Waals surface area contributed by atoms with Gasteiger partial charge in [0.2, 0.25) is 0 Å². The summed E-state index contributed by atoms with van der Waals surface area (Å²) >= 11 is 0. The van der Waals surface area contributed by atoms with Crippen molar-refractivity contribution in [3.05, 3.63) is 0 Å². The Hall–Kier alpha value is -0.650. The Morgan fingerprint density at radius 1 is 1.56 bits per heavy atom. The van der Waals surface area contributed by atoms with Crippen LogP contribution in [0.2, 0.25) is 0 Å². The van der Waals surface area contributed by atoms with Crippen molar-refractivity contribution >= 4 is 5.97 Å². The van der Waals surface area contributed by atoms with Crippen LogP contribution in [0.3, 0.4) is 0 Å². The lowest BCUT2D eigenvalue weighted by atomic mass is 9.98. The van der Waals surface area contributed by atoms with Gasteiger partial charge < -0.3 is 19.9 Å². The number of piperidine rings is 1. The summed E-state index contributed by atoms with van der Waals surface area (Å²) < 4.78 is 11.4. The summed E-state index contributed by atoms with van der Waals surface area (Å²) in [5, 5.41) is 12.1. The summed E-state index contributed by atoms with van der Waals surface area (Å²) in [6, 6.07) is 0.181. The van der Waals surface area contributed by atoms with Crippen molar-refractivity contribution in [3.63, 3.8) is 0 Å². The molecule has 2 saturated heterocycles. The number of ether oxygens (including phenoxy) is 2. The third-order valence-corrected chi connectivity index (χ3v) is 3.30. The van der Waals surface area contributed by atoms with Gasteiger partial charge in [-0.05, 0) is 26.3 Å². The predicted octanol–water partition coefficient (Wildman–Crippen LogP) is 0.735. The maximum absolute atomic E-state index is 10.6. The van der Waals surface area contributed by atoms with Crippen LogP contribution in [0.15, 0.2) is 0 Å². The average Bonchev–Trinajstić information content (AvgIpc) is 2.62. The summed E-state index contributed by atoms with van der Waals surface area (Å²) in [6.45, 7) is 3.26. The molecule has 16 heavy (non-hydrogen) atoms. The normalized spacial score (nSPS) is 39.8. The van der Waals surface area contributed by atoms with E-state index in [2.05, 4.69) is 5.32 Å². The first-order valence-electron chi connectivity index (χ1n) is 5.87. The van der Waals surface area contributed by atoms with Crippen molar-refractivity contribution in [2.75, 3.05) is 13.2 Å². The molecular weight excluding hydrogens is 210 g/mol. The molecule has 2 fully saturated rings. The predicted molar refractivity (Wildman–Crippen MR) is 57.1 cm³/mol. The summed E-state index contributed by atoms with van der Waals surface area (Å²) in [5.41, 5.74) is 0. The molecule has 0 amide bonds. The molecule has 0 aromatic carbocycles. The van der Waals surface area contributed by atoms with Gasteiger partial charge in [0.1, 0.15) is 0 Å². The monoisotopic (exact) mass is 229 g/mol. The number of hydrogen-bond acceptors (Lipinski definition) is 4. The van der Waals surface area contributed by atoms with E-state index in [4.69, 9.17) is 14.6 Å². The first kappa shape index (κ1) is 11.8. The SMILES string of the molecule is CC1(C2CCCCN2)OCC(CC(=O)O)O1. The van der Waals surface area contributed by atoms with E-state index in [1.807, 2.05) is 6.92 Å². The Kier molecular flexibility index (Phi) is 3.47. The zero-order valence-corrected chi connectivity index (χ0v) is 9.57. The second-order valence-corrected chi connectivity index (χ2v) is 4.67. The van der Waals surface area contributed by atoms with Crippen LogP contribution in [0.4, 0.5) is 0 Å². The van der Waals surface area contributed by atoms with Gasteiger partial charge in [-0.25, -0.2) is 0 Å². The van der Waals surface area contributed by atoms with Crippen LogP contribution in [0.25, 0.3) is 0 Å². The molecule has 3 atom stereocenters. The highest BCUT2D eigenvalue weighted by molar-refractivity contribution is 5.67. The fraction of sp³-hybridized carbons (Fsp3) is 0.909. The van der Waals surface area contributed by atoms with Crippen LogP contribution in [-0.2, 0) is 14.3 Å². The second kappa shape index (κ2) is 4.69. The lowest BCUT2D eigenvalue weighted by molar-refractivity contribution is -0.181. The fourth-order valence-electron chi connectivity index (χ4n) is 2.43. The lowest BCUT2D eigenvalue weighted by Crippen LogP contribution is -2.52. The van der Waals surface area contributed by atoms with Crippen LogP contribution in [0.5, 0.6) is 0 Å². The van der Waals surface area contributed by atoms with E-state index in [-0.39, 0.29) is 18.6 Å². The number of rotatable bonds is 3. The van der Waals surface area contributed by atoms with E-state index in [1.54, 1.807) is 0 Å². The highest BCUT2D eigenvalue weighted by Gasteiger charge is 2.44. The zero-order valence-electron chi connectivity index (χ0n) is 9.57. The molecule has 2 aliphatic heterocycles. The summed E-state index contributed by atoms with van der Waals surface area (Å²) in [4.78, 5) is 10.6. The summed E-state index contributed by atoms with van der Waals surface area (Å²) in [7, 11) is 0. The van der Waals surface area contributed by atoms with Gasteiger partial charge >= 0.3 is 5.97 Å². The minimum Gasteiger partial charge on any atom is -0.481 e. The van der Waals surface area contributed by atoms with Gasteiger partial charge in [-0.15, -0.1) is 0 Å². The van der Waals surface area contributed by atoms with Gasteiger partial charge in [-0.3, -0.25) is 4.79 Å². The first-order chi connectivity index (χ1) is 7.60. The van der Waals surface area contributed by atoms with Crippen molar-refractivity contribution in [1.82, 2.24) is 5.32 Å². The third-order valence-electron chi connectivity index (χ3n) is 3.30. The molecule has 5 nitrogen and oxygen atoms in total. The minimum atomic E-state index is -0.838. The van der Waals surface area contributed by atoms with E-state index >= 15 is 0 Å². The van der Waals surface area contributed by atoms with Crippen molar-refractivity contribution in [2.45, 2.75) is 50.5 Å². The molecule has 0 spiro atoms. The minimum absolute atomic E-state index is 0.0162. The lowest BCUT2D eigenvalue weighted by Gasteiger charge is -2.36. The Morgan fingerprint density at radius 3 is 3.00 bits per heavy atom. The number of carbonyl (C=O) groups is 1. The number of nitrogens with one attached hydrogen (secondary N) is 1. The quantitative estimate of drug-likeness (QED) is 0.747. The van der Waals surface area contributed by atoms with Crippen molar-refractivity contribution in [1.29, 1.82) is 0 Å². The second-order valence-electron chi connectivity index (χ2n) is 4.67. The topological polar surface area (TPSA) is 67.8 Å². The average molecular weight is 229 g/mol. The number of carboxylic acid groups (broad SMARTS) is 1. The molecule has 0 bridgehead atoms. The third kappa shape index (κ3) is 2.53. The van der Waals surface area contributed by atoms with Crippen LogP contribution >= 0.6 is 0 Å². The van der Waals surface area contributed by atoms with Crippen LogP contribution in [0.1, 0.15) is 32.6 Å². The fourth-order valence-corrected chi connectivity index (χ4v) is 2.43. The van der Waals surface area contributed by atoms with E-state index in [9.17, 15) is 4.79 Å². The number of hydrogen-bond donors (Lipinski definition) is 2. The van der Waals surface area contributed by atoms with E-state index in [0.717, 1.165) is 13.0 Å². The van der Waals surface area contributed by atoms with E-state index < -0.39 is 11.8 Å². The standard InChI is InChI=1S/C11H19NO4/c1-11(9-4-2-3-5-12-9)15-7-8(16-11)6-10(13)14/h8-9,12H,2-7H2,1H3,(H,13,14). The van der Waals surface area contributed by atoms with Crippen molar-refractivity contribution in [2.24, 2.45) is 0 Å². The maximum Gasteiger partial charge on any atom is 0.306 e. The van der Waals surface area contributed by atoms with E-state index in [1.165, 1.54) is 12.8 Å². The molecule has 0 aromatic rings. The molecule has 0 aliphatic carbocycles. The summed E-state index contributed by atoms with van der Waals surface area (Å²) in [6.07, 6.45) is 3.08. The molecule has 2 heterocycles. The summed E-state index contributed by atoms with van der Waals surface area (Å²) in [5.74, 6) is -1.49. The molecule has 2 aliphatic rings. The molecule has 3 unspecified atom stereocenters. The molecule has 5 heteroatoms. The van der Waals surface area contributed by atoms with Gasteiger partial charge in [0.15, 0.2) is 5.79 Å². The molecule has 0 aromatic heterocycles.